The van der Waals surface area contributed by atoms with Gasteiger partial charge >= 0.3 is 0 Å². The maximum Gasteiger partial charge on any atom is 0.237 e. The molecule has 0 aliphatic heterocycles. The maximum absolute atomic E-state index is 13.5. The summed E-state index contributed by atoms with van der Waals surface area (Å²) < 4.78 is 50.1. The fourth-order valence-electron chi connectivity index (χ4n) is 1.79. The molecule has 0 fully saturated rings. The molecule has 0 unspecified atom stereocenters. The smallest absolute Gasteiger partial charge is 0.237 e. The third kappa shape index (κ3) is 5.50. The van der Waals surface area contributed by atoms with E-state index in [0.717, 1.165) is 0 Å². The zero-order valence-corrected chi connectivity index (χ0v) is 13.3. The second kappa shape index (κ2) is 7.89. The average molecular weight is 340 g/mol. The fraction of sp³-hybridized carbons (Fsp3) is 0.267. The number of halogens is 1. The summed E-state index contributed by atoms with van der Waals surface area (Å²) in [7, 11) is -2.17. The molecule has 1 aromatic heterocycles. The Morgan fingerprint density at radius 1 is 1.17 bits per heavy atom. The van der Waals surface area contributed by atoms with Crippen molar-refractivity contribution >= 4 is 15.7 Å². The first-order chi connectivity index (χ1) is 11.0. The molecule has 8 heteroatoms. The number of methoxy groups -OCH3 is 1. The van der Waals surface area contributed by atoms with Crippen molar-refractivity contribution in [2.45, 2.75) is 5.75 Å². The van der Waals surface area contributed by atoms with Gasteiger partial charge in [0.2, 0.25) is 15.9 Å². The lowest BCUT2D eigenvalue weighted by Crippen LogP contribution is -2.16. The number of rotatable bonds is 8. The molecule has 0 aliphatic rings. The lowest BCUT2D eigenvalue weighted by atomic mass is 10.2. The molecule has 0 atom stereocenters. The zero-order chi connectivity index (χ0) is 16.7. The highest BCUT2D eigenvalue weighted by molar-refractivity contribution is 7.91. The number of benzene rings is 1. The Hall–Kier alpha value is -2.19. The van der Waals surface area contributed by atoms with Crippen molar-refractivity contribution in [1.29, 1.82) is 0 Å². The third-order valence-corrected chi connectivity index (χ3v) is 4.09. The summed E-state index contributed by atoms with van der Waals surface area (Å²) in [5, 5.41) is 0. The quantitative estimate of drug-likeness (QED) is 0.745. The largest absolute Gasteiger partial charge is 0.475 e. The molecule has 6 nitrogen and oxygen atoms in total. The van der Waals surface area contributed by atoms with Crippen LogP contribution in [-0.2, 0) is 20.5 Å². The average Bonchev–Trinajstić information content (AvgIpc) is 2.51. The van der Waals surface area contributed by atoms with E-state index < -0.39 is 21.6 Å². The van der Waals surface area contributed by atoms with Crippen LogP contribution in [0.2, 0.25) is 0 Å². The van der Waals surface area contributed by atoms with Gasteiger partial charge in [0.05, 0.1) is 24.2 Å². The molecule has 0 aliphatic carbocycles. The maximum atomic E-state index is 13.5. The summed E-state index contributed by atoms with van der Waals surface area (Å²) in [4.78, 5) is 3.98. The van der Waals surface area contributed by atoms with Gasteiger partial charge in [-0.3, -0.25) is 4.72 Å². The van der Waals surface area contributed by atoms with Crippen LogP contribution in [0.25, 0.3) is 0 Å². The van der Waals surface area contributed by atoms with Crippen molar-refractivity contribution in [3.8, 4) is 5.88 Å². The van der Waals surface area contributed by atoms with Gasteiger partial charge in [-0.15, -0.1) is 0 Å². The number of nitrogens with zero attached hydrogens (tertiary/aromatic N) is 1. The highest BCUT2D eigenvalue weighted by Gasteiger charge is 2.14. The Morgan fingerprint density at radius 3 is 2.61 bits per heavy atom. The molecule has 0 saturated carbocycles. The van der Waals surface area contributed by atoms with Gasteiger partial charge in [-0.25, -0.2) is 17.8 Å². The van der Waals surface area contributed by atoms with Crippen LogP contribution in [0.1, 0.15) is 5.56 Å². The van der Waals surface area contributed by atoms with Crippen LogP contribution in [0.3, 0.4) is 0 Å². The van der Waals surface area contributed by atoms with Gasteiger partial charge in [0.1, 0.15) is 12.4 Å². The number of anilines is 1. The summed E-state index contributed by atoms with van der Waals surface area (Å²) in [6.07, 6.45) is 1.33. The molecule has 124 valence electrons. The molecule has 1 aromatic carbocycles. The van der Waals surface area contributed by atoms with Crippen LogP contribution in [-0.4, -0.2) is 33.7 Å². The van der Waals surface area contributed by atoms with Crippen molar-refractivity contribution in [3.63, 3.8) is 0 Å². The molecule has 0 spiro atoms. The van der Waals surface area contributed by atoms with Gasteiger partial charge in [-0.1, -0.05) is 18.2 Å². The van der Waals surface area contributed by atoms with E-state index in [1.807, 2.05) is 0 Å². The summed E-state index contributed by atoms with van der Waals surface area (Å²) in [5.74, 6) is -0.650. The van der Waals surface area contributed by atoms with E-state index in [1.165, 1.54) is 36.5 Å². The van der Waals surface area contributed by atoms with Crippen molar-refractivity contribution in [3.05, 3.63) is 54.0 Å². The van der Waals surface area contributed by atoms with Gasteiger partial charge in [0, 0.05) is 18.7 Å². The molecular formula is C15H17FN2O4S. The SMILES string of the molecule is COCCOc1ccc(NS(=O)(=O)Cc2ccccc2F)cn1. The molecule has 0 radical (unpaired) electrons. The fourth-order valence-corrected chi connectivity index (χ4v) is 2.99. The molecule has 2 aromatic rings. The van der Waals surface area contributed by atoms with E-state index in [9.17, 15) is 12.8 Å². The van der Waals surface area contributed by atoms with Gasteiger partial charge in [0.25, 0.3) is 0 Å². The lowest BCUT2D eigenvalue weighted by Gasteiger charge is -2.09. The van der Waals surface area contributed by atoms with Gasteiger partial charge in [0.15, 0.2) is 0 Å². The molecule has 1 N–H and O–H groups in total. The highest BCUT2D eigenvalue weighted by Crippen LogP contribution is 2.16. The minimum Gasteiger partial charge on any atom is -0.475 e. The summed E-state index contributed by atoms with van der Waals surface area (Å²) in [6, 6.07) is 8.80. The first-order valence-electron chi connectivity index (χ1n) is 6.82. The number of sulfonamides is 1. The molecule has 2 rings (SSSR count). The van der Waals surface area contributed by atoms with E-state index in [-0.39, 0.29) is 11.3 Å². The zero-order valence-electron chi connectivity index (χ0n) is 12.5. The standard InChI is InChI=1S/C15H17FN2O4S/c1-21-8-9-22-15-7-6-13(10-17-15)18-23(19,20)11-12-4-2-3-5-14(12)16/h2-7,10,18H,8-9,11H2,1H3. The first-order valence-corrected chi connectivity index (χ1v) is 8.47. The van der Waals surface area contributed by atoms with Gasteiger partial charge in [-0.05, 0) is 12.1 Å². The second-order valence-corrected chi connectivity index (χ2v) is 6.40. The van der Waals surface area contributed by atoms with E-state index in [0.29, 0.717) is 19.1 Å². The summed E-state index contributed by atoms with van der Waals surface area (Å²) in [5.41, 5.74) is 0.382. The van der Waals surface area contributed by atoms with Gasteiger partial charge in [-0.2, -0.15) is 0 Å². The van der Waals surface area contributed by atoms with Crippen LogP contribution >= 0.6 is 0 Å². The van der Waals surface area contributed by atoms with E-state index in [2.05, 4.69) is 9.71 Å². The highest BCUT2D eigenvalue weighted by atomic mass is 32.2. The molecule has 0 saturated heterocycles. The Bertz CT molecular complexity index is 735. The van der Waals surface area contributed by atoms with Crippen molar-refractivity contribution in [1.82, 2.24) is 4.98 Å². The monoisotopic (exact) mass is 340 g/mol. The lowest BCUT2D eigenvalue weighted by molar-refractivity contribution is 0.144. The van der Waals surface area contributed by atoms with Crippen LogP contribution in [0.5, 0.6) is 5.88 Å². The predicted octanol–water partition coefficient (Wildman–Crippen LogP) is 2.19. The first kappa shape index (κ1) is 17.2. The predicted molar refractivity (Wildman–Crippen MR) is 84.3 cm³/mol. The molecule has 1 heterocycles. The topological polar surface area (TPSA) is 77.5 Å². The summed E-state index contributed by atoms with van der Waals surface area (Å²) in [6.45, 7) is 0.778. The Morgan fingerprint density at radius 2 is 1.96 bits per heavy atom. The van der Waals surface area contributed by atoms with Crippen LogP contribution in [0, 0.1) is 5.82 Å². The minimum atomic E-state index is -3.73. The van der Waals surface area contributed by atoms with E-state index in [1.54, 1.807) is 13.2 Å². The number of aromatic nitrogens is 1. The summed E-state index contributed by atoms with van der Waals surface area (Å²) >= 11 is 0. The number of hydrogen-bond acceptors (Lipinski definition) is 5. The molecule has 23 heavy (non-hydrogen) atoms. The molecular weight excluding hydrogens is 323 g/mol. The van der Waals surface area contributed by atoms with E-state index in [4.69, 9.17) is 9.47 Å². The van der Waals surface area contributed by atoms with Crippen LogP contribution < -0.4 is 9.46 Å². The van der Waals surface area contributed by atoms with Crippen molar-refractivity contribution < 1.29 is 22.3 Å². The number of nitrogens with one attached hydrogen (secondary N) is 1. The van der Waals surface area contributed by atoms with Crippen LogP contribution in [0.4, 0.5) is 10.1 Å². The normalized spacial score (nSPS) is 11.2. The van der Waals surface area contributed by atoms with Gasteiger partial charge < -0.3 is 9.47 Å². The number of pyridine rings is 1. The van der Waals surface area contributed by atoms with E-state index >= 15 is 0 Å². The molecule has 0 bridgehead atoms. The van der Waals surface area contributed by atoms with Crippen molar-refractivity contribution in [2.75, 3.05) is 25.0 Å². The Balaban J connectivity index is 1.99. The minimum absolute atomic E-state index is 0.104. The van der Waals surface area contributed by atoms with Crippen LogP contribution in [0.15, 0.2) is 42.6 Å². The molecule has 0 amide bonds. The second-order valence-electron chi connectivity index (χ2n) is 4.68. The Labute approximate surface area is 134 Å². The number of hydrogen-bond donors (Lipinski definition) is 1. The van der Waals surface area contributed by atoms with Crippen molar-refractivity contribution in [2.24, 2.45) is 0 Å². The Kier molecular flexibility index (Phi) is 5.89. The number of ether oxygens (including phenoxy) is 2. The third-order valence-electron chi connectivity index (χ3n) is 2.85.